The summed E-state index contributed by atoms with van der Waals surface area (Å²) in [7, 11) is 0. The maximum Gasteiger partial charge on any atom is 0.122 e. The molecular formula is C6H7ClN2. The highest BCUT2D eigenvalue weighted by Gasteiger charge is 2.56. The lowest BCUT2D eigenvalue weighted by molar-refractivity contribution is 0.544. The number of fused-ring (bicyclic) bond motifs is 1. The monoisotopic (exact) mass is 142 g/mol. The summed E-state index contributed by atoms with van der Waals surface area (Å²) in [6.45, 7) is 0. The molecule has 4 N–H and O–H groups in total. The van der Waals surface area contributed by atoms with Crippen LogP contribution in [0.4, 0.5) is 0 Å². The summed E-state index contributed by atoms with van der Waals surface area (Å²) < 4.78 is 0. The van der Waals surface area contributed by atoms with Crippen molar-refractivity contribution in [1.29, 1.82) is 0 Å². The highest BCUT2D eigenvalue weighted by molar-refractivity contribution is 6.32. The molecule has 0 amide bonds. The Morgan fingerprint density at radius 2 is 2.11 bits per heavy atom. The van der Waals surface area contributed by atoms with Gasteiger partial charge in [0.1, 0.15) is 10.5 Å². The van der Waals surface area contributed by atoms with Crippen molar-refractivity contribution >= 4 is 11.6 Å². The third kappa shape index (κ3) is 0.444. The van der Waals surface area contributed by atoms with Crippen LogP contribution in [-0.2, 0) is 0 Å². The Balaban J connectivity index is 2.43. The predicted octanol–water partition coefficient (Wildman–Crippen LogP) is 0.0875. The molecule has 9 heavy (non-hydrogen) atoms. The van der Waals surface area contributed by atoms with Crippen LogP contribution in [0.15, 0.2) is 23.8 Å². The van der Waals surface area contributed by atoms with Crippen LogP contribution in [0, 0.1) is 0 Å². The van der Waals surface area contributed by atoms with Crippen molar-refractivity contribution in [2.24, 2.45) is 11.5 Å². The van der Waals surface area contributed by atoms with E-state index in [1.54, 1.807) is 6.08 Å². The van der Waals surface area contributed by atoms with Crippen LogP contribution in [0.3, 0.4) is 0 Å². The smallest absolute Gasteiger partial charge is 0.122 e. The summed E-state index contributed by atoms with van der Waals surface area (Å²) >= 11 is 5.93. The Labute approximate surface area is 58.2 Å². The number of rotatable bonds is 0. The van der Waals surface area contributed by atoms with Crippen LogP contribution in [0.5, 0.6) is 0 Å². The highest BCUT2D eigenvalue weighted by Crippen LogP contribution is 2.51. The van der Waals surface area contributed by atoms with E-state index in [1.165, 1.54) is 0 Å². The fourth-order valence-corrected chi connectivity index (χ4v) is 1.32. The number of allylic oxidation sites excluding steroid dienone is 1. The van der Waals surface area contributed by atoms with E-state index in [1.807, 2.05) is 12.2 Å². The average molecular weight is 143 g/mol. The number of alkyl halides is 1. The molecule has 48 valence electrons. The maximum atomic E-state index is 5.93. The lowest BCUT2D eigenvalue weighted by Crippen LogP contribution is -2.56. The first-order valence-electron chi connectivity index (χ1n) is 2.75. The third-order valence-corrected chi connectivity index (χ3v) is 2.51. The van der Waals surface area contributed by atoms with Gasteiger partial charge in [-0.2, -0.15) is 0 Å². The van der Waals surface area contributed by atoms with Crippen molar-refractivity contribution in [2.75, 3.05) is 0 Å². The van der Waals surface area contributed by atoms with Crippen LogP contribution in [-0.4, -0.2) is 10.5 Å². The molecule has 0 saturated carbocycles. The molecule has 0 spiro atoms. The van der Waals surface area contributed by atoms with Gasteiger partial charge in [-0.1, -0.05) is 12.2 Å². The standard InChI is InChI=1S/C6H7ClN2/c7-5-3-4(5)1-2-6(5,8)9/h1-3H,8-9H2. The van der Waals surface area contributed by atoms with E-state index in [0.29, 0.717) is 0 Å². The van der Waals surface area contributed by atoms with Gasteiger partial charge in [-0.3, -0.25) is 0 Å². The second kappa shape index (κ2) is 1.10. The molecule has 0 aromatic carbocycles. The first-order valence-corrected chi connectivity index (χ1v) is 3.13. The second-order valence-electron chi connectivity index (χ2n) is 2.58. The zero-order chi connectivity index (χ0) is 6.70. The SMILES string of the molecule is NC1(N)C=CC2=CC21Cl. The van der Waals surface area contributed by atoms with Gasteiger partial charge in [0.05, 0.1) is 0 Å². The zero-order valence-corrected chi connectivity index (χ0v) is 5.52. The average Bonchev–Trinajstić information content (AvgIpc) is 2.34. The van der Waals surface area contributed by atoms with Crippen molar-refractivity contribution in [3.05, 3.63) is 23.8 Å². The van der Waals surface area contributed by atoms with Gasteiger partial charge in [0.15, 0.2) is 0 Å². The molecule has 2 rings (SSSR count). The minimum atomic E-state index is -0.843. The highest BCUT2D eigenvalue weighted by atomic mass is 35.5. The van der Waals surface area contributed by atoms with Crippen LogP contribution in [0.25, 0.3) is 0 Å². The molecule has 0 saturated heterocycles. The molecule has 0 bridgehead atoms. The molecule has 0 aromatic heterocycles. The Morgan fingerprint density at radius 1 is 1.44 bits per heavy atom. The Bertz CT molecular complexity index is 229. The van der Waals surface area contributed by atoms with E-state index in [2.05, 4.69) is 0 Å². The van der Waals surface area contributed by atoms with Crippen molar-refractivity contribution in [2.45, 2.75) is 10.5 Å². The number of halogens is 1. The Hall–Kier alpha value is -0.310. The Morgan fingerprint density at radius 3 is 2.22 bits per heavy atom. The largest absolute Gasteiger partial charge is 0.308 e. The summed E-state index contributed by atoms with van der Waals surface area (Å²) in [6.07, 6.45) is 5.47. The van der Waals surface area contributed by atoms with Gasteiger partial charge in [0, 0.05) is 0 Å². The van der Waals surface area contributed by atoms with Crippen LogP contribution in [0.2, 0.25) is 0 Å². The fourth-order valence-electron chi connectivity index (χ4n) is 1.07. The summed E-state index contributed by atoms with van der Waals surface area (Å²) in [5.74, 6) is 0. The molecule has 2 aliphatic carbocycles. The molecule has 0 aliphatic heterocycles. The van der Waals surface area contributed by atoms with Crippen molar-refractivity contribution < 1.29 is 0 Å². The van der Waals surface area contributed by atoms with Crippen molar-refractivity contribution in [1.82, 2.24) is 0 Å². The maximum absolute atomic E-state index is 5.93. The minimum Gasteiger partial charge on any atom is -0.308 e. The first kappa shape index (κ1) is 5.47. The summed E-state index contributed by atoms with van der Waals surface area (Å²) in [4.78, 5) is -0.535. The lowest BCUT2D eigenvalue weighted by atomic mass is 10.1. The molecule has 2 nitrogen and oxygen atoms in total. The molecule has 1 atom stereocenters. The van der Waals surface area contributed by atoms with E-state index >= 15 is 0 Å². The molecule has 2 aliphatic rings. The molecule has 0 radical (unpaired) electrons. The van der Waals surface area contributed by atoms with E-state index < -0.39 is 10.5 Å². The van der Waals surface area contributed by atoms with Gasteiger partial charge in [0.25, 0.3) is 0 Å². The second-order valence-corrected chi connectivity index (χ2v) is 3.17. The van der Waals surface area contributed by atoms with E-state index in [-0.39, 0.29) is 0 Å². The normalized spacial score (nSPS) is 42.3. The van der Waals surface area contributed by atoms with Crippen LogP contribution >= 0.6 is 11.6 Å². The van der Waals surface area contributed by atoms with Gasteiger partial charge >= 0.3 is 0 Å². The van der Waals surface area contributed by atoms with E-state index in [4.69, 9.17) is 23.1 Å². The van der Waals surface area contributed by atoms with Crippen LogP contribution < -0.4 is 11.5 Å². The molecular weight excluding hydrogens is 136 g/mol. The van der Waals surface area contributed by atoms with E-state index in [0.717, 1.165) is 5.57 Å². The molecule has 0 heterocycles. The summed E-state index contributed by atoms with van der Waals surface area (Å²) in [5.41, 5.74) is 11.4. The number of hydrogen-bond donors (Lipinski definition) is 2. The quantitative estimate of drug-likeness (QED) is 0.372. The Kier molecular flexibility index (Phi) is 0.669. The van der Waals surface area contributed by atoms with Gasteiger partial charge < -0.3 is 11.5 Å². The third-order valence-electron chi connectivity index (χ3n) is 1.86. The molecule has 1 unspecified atom stereocenters. The summed E-state index contributed by atoms with van der Waals surface area (Å²) in [5, 5.41) is 0. The number of nitrogens with two attached hydrogens (primary N) is 2. The van der Waals surface area contributed by atoms with Gasteiger partial charge in [-0.15, -0.1) is 11.6 Å². The minimum absolute atomic E-state index is 0.535. The van der Waals surface area contributed by atoms with Gasteiger partial charge in [0.2, 0.25) is 0 Å². The topological polar surface area (TPSA) is 52.0 Å². The fraction of sp³-hybridized carbons (Fsp3) is 0.333. The lowest BCUT2D eigenvalue weighted by Gasteiger charge is -2.23. The molecule has 3 heteroatoms. The first-order chi connectivity index (χ1) is 4.06. The van der Waals surface area contributed by atoms with Crippen molar-refractivity contribution in [3.63, 3.8) is 0 Å². The predicted molar refractivity (Wildman–Crippen MR) is 36.9 cm³/mol. The van der Waals surface area contributed by atoms with Crippen molar-refractivity contribution in [3.8, 4) is 0 Å². The molecule has 0 aromatic rings. The van der Waals surface area contributed by atoms with E-state index in [9.17, 15) is 0 Å². The zero-order valence-electron chi connectivity index (χ0n) is 4.76. The summed E-state index contributed by atoms with van der Waals surface area (Å²) in [6, 6.07) is 0. The number of hydrogen-bond acceptors (Lipinski definition) is 2. The van der Waals surface area contributed by atoms with Gasteiger partial charge in [-0.05, 0) is 11.6 Å². The van der Waals surface area contributed by atoms with Crippen LogP contribution in [0.1, 0.15) is 0 Å². The molecule has 0 fully saturated rings. The van der Waals surface area contributed by atoms with Gasteiger partial charge in [-0.25, -0.2) is 0 Å².